The second kappa shape index (κ2) is 5.68. The van der Waals surface area contributed by atoms with E-state index < -0.39 is 0 Å². The van der Waals surface area contributed by atoms with Gasteiger partial charge in [0.05, 0.1) is 0 Å². The molecule has 1 N–H and O–H groups in total. The van der Waals surface area contributed by atoms with E-state index in [0.29, 0.717) is 0 Å². The van der Waals surface area contributed by atoms with E-state index in [1.54, 1.807) is 0 Å². The summed E-state index contributed by atoms with van der Waals surface area (Å²) in [7, 11) is 6.28. The van der Waals surface area contributed by atoms with Crippen molar-refractivity contribution in [1.82, 2.24) is 0 Å². The molecular formula is C18H23N3. The molecule has 0 amide bonds. The van der Waals surface area contributed by atoms with Gasteiger partial charge in [0.1, 0.15) is 0 Å². The summed E-state index contributed by atoms with van der Waals surface area (Å²) >= 11 is 0. The van der Waals surface area contributed by atoms with E-state index in [9.17, 15) is 0 Å². The van der Waals surface area contributed by atoms with Crippen molar-refractivity contribution < 1.29 is 0 Å². The van der Waals surface area contributed by atoms with Gasteiger partial charge in [-0.25, -0.2) is 0 Å². The summed E-state index contributed by atoms with van der Waals surface area (Å²) < 4.78 is 0. The molecule has 2 aromatic rings. The highest BCUT2D eigenvalue weighted by molar-refractivity contribution is 5.59. The molecule has 1 heterocycles. The number of hydrogen-bond donors (Lipinski definition) is 1. The minimum absolute atomic E-state index is 0.873. The van der Waals surface area contributed by atoms with Crippen molar-refractivity contribution in [3.05, 3.63) is 53.6 Å². The third-order valence-corrected chi connectivity index (χ3v) is 4.15. The Balaban J connectivity index is 1.65. The largest absolute Gasteiger partial charge is 0.381 e. The van der Waals surface area contributed by atoms with Crippen molar-refractivity contribution >= 4 is 17.1 Å². The zero-order valence-electron chi connectivity index (χ0n) is 13.1. The summed E-state index contributed by atoms with van der Waals surface area (Å²) in [5.41, 5.74) is 6.59. The smallest absolute Gasteiger partial charge is 0.0400 e. The molecule has 0 saturated heterocycles. The Morgan fingerprint density at radius 3 is 2.57 bits per heavy atom. The van der Waals surface area contributed by atoms with Gasteiger partial charge in [0.25, 0.3) is 0 Å². The topological polar surface area (TPSA) is 18.5 Å². The second-order valence-corrected chi connectivity index (χ2v) is 5.93. The third-order valence-electron chi connectivity index (χ3n) is 4.15. The van der Waals surface area contributed by atoms with E-state index in [0.717, 1.165) is 19.5 Å². The fourth-order valence-corrected chi connectivity index (χ4v) is 2.81. The standard InChI is InChI=1S/C18H23N3/c1-20(2)17-7-5-16(6-8-17)19-13-14-4-9-18-15(12-14)10-11-21(18)3/h4-9,12,19H,10-11,13H2,1-3H3. The monoisotopic (exact) mass is 281 g/mol. The van der Waals surface area contributed by atoms with Crippen LogP contribution >= 0.6 is 0 Å². The molecule has 2 aromatic carbocycles. The van der Waals surface area contributed by atoms with Crippen molar-refractivity contribution in [2.75, 3.05) is 42.8 Å². The molecule has 0 unspecified atom stereocenters. The lowest BCUT2D eigenvalue weighted by Crippen LogP contribution is -2.12. The molecule has 0 aliphatic carbocycles. The number of likely N-dealkylation sites (N-methyl/N-ethyl adjacent to an activating group) is 1. The van der Waals surface area contributed by atoms with Crippen LogP contribution in [0.4, 0.5) is 17.1 Å². The van der Waals surface area contributed by atoms with E-state index in [1.165, 1.54) is 28.2 Å². The number of hydrogen-bond acceptors (Lipinski definition) is 3. The minimum atomic E-state index is 0.873. The summed E-state index contributed by atoms with van der Waals surface area (Å²) in [6, 6.07) is 15.4. The van der Waals surface area contributed by atoms with Crippen LogP contribution in [0.1, 0.15) is 11.1 Å². The summed E-state index contributed by atoms with van der Waals surface area (Å²) in [5.74, 6) is 0. The van der Waals surface area contributed by atoms with E-state index in [4.69, 9.17) is 0 Å². The lowest BCUT2D eigenvalue weighted by atomic mass is 10.1. The van der Waals surface area contributed by atoms with Gasteiger partial charge in [-0.1, -0.05) is 12.1 Å². The summed E-state index contributed by atoms with van der Waals surface area (Å²) in [6.07, 6.45) is 1.16. The van der Waals surface area contributed by atoms with Gasteiger partial charge in [-0.05, 0) is 47.9 Å². The second-order valence-electron chi connectivity index (χ2n) is 5.93. The minimum Gasteiger partial charge on any atom is -0.381 e. The lowest BCUT2D eigenvalue weighted by Gasteiger charge is -2.14. The Hall–Kier alpha value is -2.16. The first-order chi connectivity index (χ1) is 10.1. The molecule has 0 spiro atoms. The van der Waals surface area contributed by atoms with Gasteiger partial charge >= 0.3 is 0 Å². The first-order valence-electron chi connectivity index (χ1n) is 7.48. The molecule has 0 aromatic heterocycles. The summed E-state index contributed by atoms with van der Waals surface area (Å²) in [6.45, 7) is 2.01. The van der Waals surface area contributed by atoms with Crippen molar-refractivity contribution in [3.8, 4) is 0 Å². The molecule has 3 nitrogen and oxygen atoms in total. The molecule has 0 bridgehead atoms. The first kappa shape index (κ1) is 13.8. The Kier molecular flexibility index (Phi) is 3.74. The highest BCUT2D eigenvalue weighted by atomic mass is 15.1. The molecule has 21 heavy (non-hydrogen) atoms. The highest BCUT2D eigenvalue weighted by Gasteiger charge is 2.15. The fraction of sp³-hybridized carbons (Fsp3) is 0.333. The van der Waals surface area contributed by atoms with Gasteiger partial charge in [-0.3, -0.25) is 0 Å². The molecule has 0 radical (unpaired) electrons. The molecule has 3 heteroatoms. The van der Waals surface area contributed by atoms with Crippen LogP contribution in [0.15, 0.2) is 42.5 Å². The number of nitrogens with zero attached hydrogens (tertiary/aromatic N) is 2. The fourth-order valence-electron chi connectivity index (χ4n) is 2.81. The Morgan fingerprint density at radius 2 is 1.86 bits per heavy atom. The molecule has 1 aliphatic rings. The first-order valence-corrected chi connectivity index (χ1v) is 7.48. The SMILES string of the molecule is CN(C)c1ccc(NCc2ccc3c(c2)CCN3C)cc1. The lowest BCUT2D eigenvalue weighted by molar-refractivity contribution is 0.955. The van der Waals surface area contributed by atoms with Gasteiger partial charge in [-0.2, -0.15) is 0 Å². The normalized spacial score (nSPS) is 13.2. The van der Waals surface area contributed by atoms with E-state index >= 15 is 0 Å². The number of anilines is 3. The molecule has 1 aliphatic heterocycles. The molecule has 0 fully saturated rings. The predicted octanol–water partition coefficient (Wildman–Crippen LogP) is 3.36. The van der Waals surface area contributed by atoms with E-state index in [2.05, 4.69) is 78.7 Å². The van der Waals surface area contributed by atoms with E-state index in [-0.39, 0.29) is 0 Å². The summed E-state index contributed by atoms with van der Waals surface area (Å²) in [4.78, 5) is 4.44. The molecular weight excluding hydrogens is 258 g/mol. The Bertz CT molecular complexity index is 617. The molecule has 110 valence electrons. The third kappa shape index (κ3) is 2.97. The van der Waals surface area contributed by atoms with Gasteiger partial charge in [-0.15, -0.1) is 0 Å². The van der Waals surface area contributed by atoms with Crippen molar-refractivity contribution in [3.63, 3.8) is 0 Å². The predicted molar refractivity (Wildman–Crippen MR) is 91.5 cm³/mol. The maximum absolute atomic E-state index is 3.50. The maximum Gasteiger partial charge on any atom is 0.0400 e. The van der Waals surface area contributed by atoms with Gasteiger partial charge in [0, 0.05) is 51.3 Å². The van der Waals surface area contributed by atoms with Crippen molar-refractivity contribution in [2.45, 2.75) is 13.0 Å². The van der Waals surface area contributed by atoms with Crippen LogP contribution in [-0.4, -0.2) is 27.7 Å². The molecule has 0 saturated carbocycles. The maximum atomic E-state index is 3.50. The van der Waals surface area contributed by atoms with Crippen LogP contribution in [-0.2, 0) is 13.0 Å². The summed E-state index contributed by atoms with van der Waals surface area (Å²) in [5, 5.41) is 3.50. The Labute approximate surface area is 127 Å². The van der Waals surface area contributed by atoms with Gasteiger partial charge < -0.3 is 15.1 Å². The van der Waals surface area contributed by atoms with Crippen LogP contribution in [0.2, 0.25) is 0 Å². The van der Waals surface area contributed by atoms with E-state index in [1.807, 2.05) is 0 Å². The molecule has 3 rings (SSSR count). The van der Waals surface area contributed by atoms with Crippen molar-refractivity contribution in [1.29, 1.82) is 0 Å². The average Bonchev–Trinajstić information content (AvgIpc) is 2.86. The zero-order chi connectivity index (χ0) is 14.8. The Morgan fingerprint density at radius 1 is 1.10 bits per heavy atom. The van der Waals surface area contributed by atoms with Crippen molar-refractivity contribution in [2.24, 2.45) is 0 Å². The van der Waals surface area contributed by atoms with Crippen LogP contribution < -0.4 is 15.1 Å². The number of rotatable bonds is 4. The van der Waals surface area contributed by atoms with Crippen LogP contribution in [0.5, 0.6) is 0 Å². The highest BCUT2D eigenvalue weighted by Crippen LogP contribution is 2.27. The van der Waals surface area contributed by atoms with Crippen LogP contribution in [0.25, 0.3) is 0 Å². The molecule has 0 atom stereocenters. The number of fused-ring (bicyclic) bond motifs is 1. The average molecular weight is 281 g/mol. The number of benzene rings is 2. The zero-order valence-corrected chi connectivity index (χ0v) is 13.1. The van der Waals surface area contributed by atoms with Gasteiger partial charge in [0.2, 0.25) is 0 Å². The van der Waals surface area contributed by atoms with Gasteiger partial charge in [0.15, 0.2) is 0 Å². The quantitative estimate of drug-likeness (QED) is 0.927. The van der Waals surface area contributed by atoms with Crippen LogP contribution in [0, 0.1) is 0 Å². The van der Waals surface area contributed by atoms with Crippen LogP contribution in [0.3, 0.4) is 0 Å². The number of nitrogens with one attached hydrogen (secondary N) is 1.